The Morgan fingerprint density at radius 2 is 1.95 bits per heavy atom. The molecule has 0 spiro atoms. The predicted molar refractivity (Wildman–Crippen MR) is 72.4 cm³/mol. The van der Waals surface area contributed by atoms with Gasteiger partial charge in [0.2, 0.25) is 0 Å². The minimum absolute atomic E-state index is 0.280. The summed E-state index contributed by atoms with van der Waals surface area (Å²) in [6, 6.07) is 7.43. The van der Waals surface area contributed by atoms with E-state index in [1.807, 2.05) is 24.3 Å². The fourth-order valence-electron chi connectivity index (χ4n) is 2.10. The van der Waals surface area contributed by atoms with E-state index in [0.717, 1.165) is 17.7 Å². The molecule has 0 saturated carbocycles. The molecule has 0 atom stereocenters. The van der Waals surface area contributed by atoms with Gasteiger partial charge in [0.05, 0.1) is 0 Å². The van der Waals surface area contributed by atoms with E-state index in [9.17, 15) is 14.7 Å². The number of carbonyl (C=O) groups excluding carboxylic acids is 1. The van der Waals surface area contributed by atoms with Crippen LogP contribution in [0.4, 0.5) is 10.5 Å². The molecular formula is C14H18N2O3. The molecule has 0 radical (unpaired) electrons. The molecule has 1 heterocycles. The van der Waals surface area contributed by atoms with Crippen LogP contribution in [0.25, 0.3) is 0 Å². The van der Waals surface area contributed by atoms with Gasteiger partial charge in [0.25, 0.3) is 0 Å². The number of hydrogen-bond donors (Lipinski definition) is 1. The zero-order valence-corrected chi connectivity index (χ0v) is 11.4. The van der Waals surface area contributed by atoms with E-state index >= 15 is 0 Å². The summed E-state index contributed by atoms with van der Waals surface area (Å²) >= 11 is 0. The number of hydrogen-bond acceptors (Lipinski definition) is 2. The second-order valence-corrected chi connectivity index (χ2v) is 5.24. The van der Waals surface area contributed by atoms with Gasteiger partial charge >= 0.3 is 12.0 Å². The molecule has 19 heavy (non-hydrogen) atoms. The molecule has 0 aliphatic carbocycles. The van der Waals surface area contributed by atoms with E-state index in [4.69, 9.17) is 0 Å². The van der Waals surface area contributed by atoms with E-state index < -0.39 is 11.5 Å². The van der Waals surface area contributed by atoms with Gasteiger partial charge in [0, 0.05) is 19.3 Å². The molecule has 0 bridgehead atoms. The van der Waals surface area contributed by atoms with Gasteiger partial charge in [-0.15, -0.1) is 0 Å². The highest BCUT2D eigenvalue weighted by Gasteiger charge is 2.38. The Morgan fingerprint density at radius 3 is 2.58 bits per heavy atom. The number of amides is 2. The van der Waals surface area contributed by atoms with Gasteiger partial charge in [-0.25, -0.2) is 9.59 Å². The Bertz CT molecular complexity index is 525. The highest BCUT2D eigenvalue weighted by molar-refractivity contribution is 5.97. The number of carboxylic acid groups (broad SMARTS) is 1. The van der Waals surface area contributed by atoms with Gasteiger partial charge < -0.3 is 10.0 Å². The smallest absolute Gasteiger partial charge is 0.329 e. The number of para-hydroxylation sites is 1. The average Bonchev–Trinajstić information content (AvgIpc) is 2.80. The second kappa shape index (κ2) is 4.57. The summed E-state index contributed by atoms with van der Waals surface area (Å²) in [7, 11) is 1.53. The maximum atomic E-state index is 12.4. The number of urea groups is 1. The summed E-state index contributed by atoms with van der Waals surface area (Å²) in [5.74, 6) is -1.02. The van der Waals surface area contributed by atoms with Gasteiger partial charge in [-0.3, -0.25) is 4.90 Å². The van der Waals surface area contributed by atoms with Crippen molar-refractivity contribution in [2.75, 3.05) is 18.5 Å². The molecule has 0 unspecified atom stereocenters. The number of nitrogens with zero attached hydrogens (tertiary/aromatic N) is 2. The standard InChI is InChI=1S/C14H18N2O3/c1-14(2,12(17)18)15(3)13(19)16-9-8-10-6-4-5-7-11(10)16/h4-7H,8-9H2,1-3H3,(H,17,18). The lowest BCUT2D eigenvalue weighted by Crippen LogP contribution is -2.55. The minimum atomic E-state index is -1.23. The Hall–Kier alpha value is -2.04. The molecule has 0 fully saturated rings. The summed E-state index contributed by atoms with van der Waals surface area (Å²) in [4.78, 5) is 26.6. The summed E-state index contributed by atoms with van der Waals surface area (Å²) < 4.78 is 0. The van der Waals surface area contributed by atoms with Crippen molar-refractivity contribution < 1.29 is 14.7 Å². The maximum absolute atomic E-state index is 12.4. The number of anilines is 1. The molecule has 5 nitrogen and oxygen atoms in total. The van der Waals surface area contributed by atoms with Gasteiger partial charge in [0.15, 0.2) is 0 Å². The van der Waals surface area contributed by atoms with Crippen molar-refractivity contribution in [2.24, 2.45) is 0 Å². The van der Waals surface area contributed by atoms with Gasteiger partial charge in [0.1, 0.15) is 5.54 Å². The molecule has 0 saturated heterocycles. The lowest BCUT2D eigenvalue weighted by Gasteiger charge is -2.34. The van der Waals surface area contributed by atoms with Crippen LogP contribution in [0.15, 0.2) is 24.3 Å². The van der Waals surface area contributed by atoms with Crippen LogP contribution in [0, 0.1) is 0 Å². The number of carbonyl (C=O) groups is 2. The lowest BCUT2D eigenvalue weighted by atomic mass is 10.0. The van der Waals surface area contributed by atoms with Gasteiger partial charge in [-0.1, -0.05) is 18.2 Å². The average molecular weight is 262 g/mol. The molecule has 1 aliphatic rings. The third-order valence-electron chi connectivity index (χ3n) is 3.77. The SMILES string of the molecule is CN(C(=O)N1CCc2ccccc21)C(C)(C)C(=O)O. The summed E-state index contributed by atoms with van der Waals surface area (Å²) in [5.41, 5.74) is 0.771. The van der Waals surface area contributed by atoms with E-state index in [2.05, 4.69) is 0 Å². The van der Waals surface area contributed by atoms with Crippen molar-refractivity contribution in [3.8, 4) is 0 Å². The number of aliphatic carboxylic acids is 1. The van der Waals surface area contributed by atoms with Crippen LogP contribution in [0.2, 0.25) is 0 Å². The quantitative estimate of drug-likeness (QED) is 0.886. The van der Waals surface area contributed by atoms with E-state index in [1.165, 1.54) is 25.8 Å². The zero-order valence-electron chi connectivity index (χ0n) is 11.4. The molecule has 1 N–H and O–H groups in total. The number of benzene rings is 1. The normalized spacial score (nSPS) is 14.2. The number of fused-ring (bicyclic) bond motifs is 1. The number of carboxylic acids is 1. The van der Waals surface area contributed by atoms with E-state index in [-0.39, 0.29) is 6.03 Å². The molecule has 0 aromatic heterocycles. The third kappa shape index (κ3) is 2.16. The highest BCUT2D eigenvalue weighted by Crippen LogP contribution is 2.29. The topological polar surface area (TPSA) is 60.9 Å². The zero-order chi connectivity index (χ0) is 14.2. The van der Waals surface area contributed by atoms with Crippen molar-refractivity contribution in [3.05, 3.63) is 29.8 Å². The highest BCUT2D eigenvalue weighted by atomic mass is 16.4. The second-order valence-electron chi connectivity index (χ2n) is 5.24. The molecule has 2 amide bonds. The molecule has 1 aliphatic heterocycles. The van der Waals surface area contributed by atoms with Gasteiger partial charge in [-0.05, 0) is 31.9 Å². The predicted octanol–water partition coefficient (Wildman–Crippen LogP) is 1.96. The third-order valence-corrected chi connectivity index (χ3v) is 3.77. The number of likely N-dealkylation sites (N-methyl/N-ethyl adjacent to an activating group) is 1. The van der Waals surface area contributed by atoms with E-state index in [1.54, 1.807) is 4.90 Å². The fourth-order valence-corrected chi connectivity index (χ4v) is 2.10. The van der Waals surface area contributed by atoms with Crippen molar-refractivity contribution >= 4 is 17.7 Å². The first kappa shape index (κ1) is 13.4. The summed E-state index contributed by atoms with van der Waals surface area (Å²) in [6.07, 6.45) is 0.809. The monoisotopic (exact) mass is 262 g/mol. The lowest BCUT2D eigenvalue weighted by molar-refractivity contribution is -0.146. The van der Waals surface area contributed by atoms with Crippen molar-refractivity contribution in [2.45, 2.75) is 25.8 Å². The molecule has 1 aromatic rings. The molecule has 102 valence electrons. The first-order valence-corrected chi connectivity index (χ1v) is 6.22. The molecule has 2 rings (SSSR count). The summed E-state index contributed by atoms with van der Waals surface area (Å²) in [6.45, 7) is 3.64. The first-order chi connectivity index (χ1) is 8.85. The Balaban J connectivity index is 2.25. The van der Waals surface area contributed by atoms with Crippen molar-refractivity contribution in [1.29, 1.82) is 0 Å². The van der Waals surface area contributed by atoms with Crippen LogP contribution in [-0.2, 0) is 11.2 Å². The molecule has 1 aromatic carbocycles. The molecule has 5 heteroatoms. The maximum Gasteiger partial charge on any atom is 0.329 e. The van der Waals surface area contributed by atoms with Crippen LogP contribution in [0.3, 0.4) is 0 Å². The van der Waals surface area contributed by atoms with Crippen molar-refractivity contribution in [1.82, 2.24) is 4.90 Å². The first-order valence-electron chi connectivity index (χ1n) is 6.22. The largest absolute Gasteiger partial charge is 0.480 e. The van der Waals surface area contributed by atoms with Crippen molar-refractivity contribution in [3.63, 3.8) is 0 Å². The Kier molecular flexibility index (Phi) is 3.22. The van der Waals surface area contributed by atoms with Crippen LogP contribution in [0.5, 0.6) is 0 Å². The van der Waals surface area contributed by atoms with Crippen LogP contribution < -0.4 is 4.90 Å². The Labute approximate surface area is 112 Å². The van der Waals surface area contributed by atoms with E-state index in [0.29, 0.717) is 6.54 Å². The fraction of sp³-hybridized carbons (Fsp3) is 0.429. The minimum Gasteiger partial charge on any atom is -0.480 e. The van der Waals surface area contributed by atoms with Gasteiger partial charge in [-0.2, -0.15) is 0 Å². The Morgan fingerprint density at radius 1 is 1.32 bits per heavy atom. The summed E-state index contributed by atoms with van der Waals surface area (Å²) in [5, 5.41) is 9.19. The number of rotatable bonds is 2. The van der Waals surface area contributed by atoms with Crippen LogP contribution >= 0.6 is 0 Å². The van der Waals surface area contributed by atoms with Crippen LogP contribution in [-0.4, -0.2) is 41.1 Å². The van der Waals surface area contributed by atoms with Crippen LogP contribution in [0.1, 0.15) is 19.4 Å². The molecular weight excluding hydrogens is 244 g/mol.